The zero-order valence-corrected chi connectivity index (χ0v) is 14.0. The monoisotopic (exact) mass is 324 g/mol. The highest BCUT2D eigenvalue weighted by Gasteiger charge is 2.07. The molecule has 0 amide bonds. The number of halogens is 1. The van der Waals surface area contributed by atoms with Gasteiger partial charge in [0.05, 0.1) is 8.57 Å². The molecule has 1 aromatic rings. The number of thiophene rings is 1. The highest BCUT2D eigenvalue weighted by Crippen LogP contribution is 2.23. The second-order valence-electron chi connectivity index (χ2n) is 2.96. The second-order valence-corrected chi connectivity index (χ2v) is 7.80. The lowest BCUT2D eigenvalue weighted by Gasteiger charge is -1.97. The molecule has 18 heavy (non-hydrogen) atoms. The first kappa shape index (κ1) is 17.8. The molecule has 0 fully saturated rings. The number of allylic oxidation sites excluding steroid dienone is 2. The predicted octanol–water partition coefficient (Wildman–Crippen LogP) is 4.69. The van der Waals surface area contributed by atoms with Gasteiger partial charge in [0.1, 0.15) is 0 Å². The Bertz CT molecular complexity index is 513. The van der Waals surface area contributed by atoms with E-state index in [2.05, 4.69) is 0 Å². The molecule has 1 aromatic heterocycles. The van der Waals surface area contributed by atoms with Gasteiger partial charge in [-0.3, -0.25) is 0 Å². The maximum absolute atomic E-state index is 11.3. The summed E-state index contributed by atoms with van der Waals surface area (Å²) in [5.41, 5.74) is 0. The summed E-state index contributed by atoms with van der Waals surface area (Å²) in [6, 6.07) is 3.69. The molecule has 1 rings (SSSR count). The van der Waals surface area contributed by atoms with Gasteiger partial charge in [0.25, 0.3) is 0 Å². The molecule has 102 valence electrons. The molecule has 0 atom stereocenters. The smallest absolute Gasteiger partial charge is 0.181 e. The zero-order valence-electron chi connectivity index (χ0n) is 10.8. The molecule has 0 N–H and O–H groups in total. The van der Waals surface area contributed by atoms with E-state index in [1.165, 1.54) is 29.4 Å². The van der Waals surface area contributed by atoms with Crippen LogP contribution in [-0.2, 0) is 9.84 Å². The predicted molar refractivity (Wildman–Crippen MR) is 86.2 cm³/mol. The minimum atomic E-state index is -3.11. The van der Waals surface area contributed by atoms with Crippen LogP contribution in [0, 0.1) is 0 Å². The molecule has 0 aliphatic heterocycles. The summed E-state index contributed by atoms with van der Waals surface area (Å²) in [4.78, 5) is 0.996. The van der Waals surface area contributed by atoms with Gasteiger partial charge in [-0.05, 0) is 30.5 Å². The zero-order chi connectivity index (χ0) is 14.2. The second kappa shape index (κ2) is 8.80. The van der Waals surface area contributed by atoms with Crippen molar-refractivity contribution in [2.24, 2.45) is 0 Å². The fraction of sp³-hybridized carbons (Fsp3) is 0.333. The van der Waals surface area contributed by atoms with Gasteiger partial charge in [-0.25, -0.2) is 8.42 Å². The van der Waals surface area contributed by atoms with Gasteiger partial charge in [-0.2, -0.15) is 0 Å². The van der Waals surface area contributed by atoms with E-state index in [1.807, 2.05) is 32.1 Å². The van der Waals surface area contributed by atoms with Crippen LogP contribution in [0.5, 0.6) is 0 Å². The Labute approximate surface area is 123 Å². The third kappa shape index (κ3) is 6.64. The Morgan fingerprint density at radius 2 is 2.00 bits per heavy atom. The molecule has 0 aliphatic carbocycles. The van der Waals surface area contributed by atoms with Gasteiger partial charge < -0.3 is 0 Å². The van der Waals surface area contributed by atoms with Crippen LogP contribution in [0.3, 0.4) is 0 Å². The van der Waals surface area contributed by atoms with Crippen molar-refractivity contribution >= 4 is 50.6 Å². The first-order chi connectivity index (χ1) is 8.43. The molecule has 0 aliphatic rings. The SMILES string of the molecule is CC.CS/C(=C\C=C\c1ccc(Cl)s1)S(C)(=O)=O. The lowest BCUT2D eigenvalue weighted by atomic mass is 10.4. The molecule has 6 heteroatoms. The van der Waals surface area contributed by atoms with E-state index in [-0.39, 0.29) is 0 Å². The Balaban J connectivity index is 0.00000137. The minimum Gasteiger partial charge on any atom is -0.223 e. The third-order valence-corrected chi connectivity index (χ3v) is 5.66. The molecule has 0 aromatic carbocycles. The number of thioether (sulfide) groups is 1. The molecule has 0 saturated carbocycles. The summed E-state index contributed by atoms with van der Waals surface area (Å²) in [5.74, 6) is 0. The quantitative estimate of drug-likeness (QED) is 0.753. The molecular formula is C12H17ClO2S3. The van der Waals surface area contributed by atoms with E-state index in [0.29, 0.717) is 4.24 Å². The standard InChI is InChI=1S/C10H11ClO2S3.C2H6/c1-14-10(16(2,12)13)5-3-4-8-6-7-9(11)15-8;1-2/h3-7H,1-2H3;1-2H3/b4-3+,10-5+;. The van der Waals surface area contributed by atoms with Crippen molar-refractivity contribution in [1.82, 2.24) is 0 Å². The van der Waals surface area contributed by atoms with Crippen LogP contribution in [0.15, 0.2) is 28.5 Å². The van der Waals surface area contributed by atoms with Crippen molar-refractivity contribution in [2.75, 3.05) is 12.5 Å². The Morgan fingerprint density at radius 1 is 1.39 bits per heavy atom. The first-order valence-corrected chi connectivity index (χ1v) is 9.62. The van der Waals surface area contributed by atoms with Gasteiger partial charge in [0, 0.05) is 11.1 Å². The van der Waals surface area contributed by atoms with Crippen molar-refractivity contribution < 1.29 is 8.42 Å². The first-order valence-electron chi connectivity index (χ1n) is 5.31. The summed E-state index contributed by atoms with van der Waals surface area (Å²) >= 11 is 8.44. The summed E-state index contributed by atoms with van der Waals surface area (Å²) in [6.45, 7) is 4.00. The van der Waals surface area contributed by atoms with E-state index in [1.54, 1.807) is 18.4 Å². The molecule has 0 unspecified atom stereocenters. The van der Waals surface area contributed by atoms with E-state index in [0.717, 1.165) is 9.21 Å². The topological polar surface area (TPSA) is 34.1 Å². The molecule has 0 bridgehead atoms. The van der Waals surface area contributed by atoms with Crippen LogP contribution in [0.2, 0.25) is 4.34 Å². The largest absolute Gasteiger partial charge is 0.223 e. The summed E-state index contributed by atoms with van der Waals surface area (Å²) < 4.78 is 23.6. The molecule has 0 radical (unpaired) electrons. The minimum absolute atomic E-state index is 0.353. The normalized spacial score (nSPS) is 12.4. The van der Waals surface area contributed by atoms with Crippen LogP contribution in [-0.4, -0.2) is 20.9 Å². The number of hydrogen-bond acceptors (Lipinski definition) is 4. The van der Waals surface area contributed by atoms with Crippen molar-refractivity contribution in [3.05, 3.63) is 37.7 Å². The number of hydrogen-bond donors (Lipinski definition) is 0. The lowest BCUT2D eigenvalue weighted by Crippen LogP contribution is -1.96. The molecule has 1 heterocycles. The van der Waals surface area contributed by atoms with Crippen molar-refractivity contribution in [3.8, 4) is 0 Å². The molecule has 0 saturated heterocycles. The maximum Gasteiger partial charge on any atom is 0.181 e. The highest BCUT2D eigenvalue weighted by molar-refractivity contribution is 8.18. The maximum atomic E-state index is 11.3. The lowest BCUT2D eigenvalue weighted by molar-refractivity contribution is 0.609. The highest BCUT2D eigenvalue weighted by atomic mass is 35.5. The van der Waals surface area contributed by atoms with Crippen molar-refractivity contribution in [1.29, 1.82) is 0 Å². The van der Waals surface area contributed by atoms with Gasteiger partial charge in [-0.15, -0.1) is 23.1 Å². The fourth-order valence-electron chi connectivity index (χ4n) is 0.982. The van der Waals surface area contributed by atoms with Crippen LogP contribution in [0.25, 0.3) is 6.08 Å². The molecule has 0 spiro atoms. The third-order valence-electron chi connectivity index (χ3n) is 1.65. The van der Waals surface area contributed by atoms with E-state index >= 15 is 0 Å². The van der Waals surface area contributed by atoms with Gasteiger partial charge in [0.15, 0.2) is 9.84 Å². The molecule has 2 nitrogen and oxygen atoms in total. The van der Waals surface area contributed by atoms with Gasteiger partial charge in [0.2, 0.25) is 0 Å². The summed E-state index contributed by atoms with van der Waals surface area (Å²) in [7, 11) is -3.11. The van der Waals surface area contributed by atoms with Crippen LogP contribution in [0.4, 0.5) is 0 Å². The van der Waals surface area contributed by atoms with E-state index in [4.69, 9.17) is 11.6 Å². The number of rotatable bonds is 4. The molecular weight excluding hydrogens is 308 g/mol. The van der Waals surface area contributed by atoms with Crippen LogP contribution >= 0.6 is 34.7 Å². The fourth-order valence-corrected chi connectivity index (χ4v) is 3.71. The summed E-state index contributed by atoms with van der Waals surface area (Å²) in [5, 5.41) is 0. The van der Waals surface area contributed by atoms with Crippen LogP contribution < -0.4 is 0 Å². The average molecular weight is 325 g/mol. The Morgan fingerprint density at radius 3 is 2.39 bits per heavy atom. The Kier molecular flexibility index (Phi) is 8.69. The van der Waals surface area contributed by atoms with E-state index in [9.17, 15) is 8.42 Å². The van der Waals surface area contributed by atoms with Gasteiger partial charge in [-0.1, -0.05) is 31.5 Å². The Hall–Kier alpha value is -0.230. The average Bonchev–Trinajstić information content (AvgIpc) is 2.71. The summed E-state index contributed by atoms with van der Waals surface area (Å²) in [6.07, 6.45) is 8.08. The van der Waals surface area contributed by atoms with Gasteiger partial charge >= 0.3 is 0 Å². The van der Waals surface area contributed by atoms with Crippen molar-refractivity contribution in [3.63, 3.8) is 0 Å². The van der Waals surface area contributed by atoms with Crippen LogP contribution in [0.1, 0.15) is 18.7 Å². The number of sulfone groups is 1. The van der Waals surface area contributed by atoms with Crippen molar-refractivity contribution in [2.45, 2.75) is 13.8 Å². The van der Waals surface area contributed by atoms with E-state index < -0.39 is 9.84 Å².